The first-order valence-electron chi connectivity index (χ1n) is 22.5. The molecule has 71 heavy (non-hydrogen) atoms. The number of ether oxygens (including phenoxy) is 2. The highest BCUT2D eigenvalue weighted by Gasteiger charge is 2.43. The molecule has 374 valence electrons. The van der Waals surface area contributed by atoms with Gasteiger partial charge in [-0.25, -0.2) is 33.0 Å². The number of carbonyl (C=O) groups excluding carboxylic acids is 1. The largest absolute Gasteiger partial charge is 0.490 e. The summed E-state index contributed by atoms with van der Waals surface area (Å²) < 4.78 is 63.4. The summed E-state index contributed by atoms with van der Waals surface area (Å²) in [4.78, 5) is 74.4. The van der Waals surface area contributed by atoms with Crippen LogP contribution in [0, 0.1) is 11.8 Å². The van der Waals surface area contributed by atoms with E-state index in [1.165, 1.54) is 23.2 Å². The number of phosphoric acid groups is 3. The number of aliphatic hydroxyl groups is 1. The van der Waals surface area contributed by atoms with E-state index in [0.29, 0.717) is 33.6 Å². The summed E-state index contributed by atoms with van der Waals surface area (Å²) in [6.45, 7) is 6.66. The molecule has 0 spiro atoms. The van der Waals surface area contributed by atoms with Gasteiger partial charge in [0, 0.05) is 71.4 Å². The number of aliphatic hydroxyl groups excluding tert-OH is 1. The van der Waals surface area contributed by atoms with Crippen LogP contribution in [0.2, 0.25) is 0 Å². The molecule has 1 amide bonds. The lowest BCUT2D eigenvalue weighted by molar-refractivity contribution is -0.0421. The van der Waals surface area contributed by atoms with Gasteiger partial charge in [-0.15, -0.1) is 0 Å². The zero-order valence-electron chi connectivity index (χ0n) is 38.1. The maximum atomic E-state index is 13.7. The number of hydrogen-bond donors (Lipinski definition) is 8. The third kappa shape index (κ3) is 10.4. The molecule has 23 nitrogen and oxygen atoms in total. The highest BCUT2D eigenvalue weighted by molar-refractivity contribution is 7.66. The van der Waals surface area contributed by atoms with Crippen molar-refractivity contribution < 1.29 is 75.7 Å². The second-order valence-corrected chi connectivity index (χ2v) is 21.5. The quantitative estimate of drug-likeness (QED) is 0.0441. The van der Waals surface area contributed by atoms with Crippen molar-refractivity contribution in [1.82, 2.24) is 24.4 Å². The summed E-state index contributed by atoms with van der Waals surface area (Å²) in [6, 6.07) is 13.0. The summed E-state index contributed by atoms with van der Waals surface area (Å²) in [5.41, 5.74) is 12.1. The number of aromatic carboxylic acids is 1. The average molecular weight is 1040 g/mol. The number of carboxylic acids is 1. The number of rotatable bonds is 14. The number of nitrogen functional groups attached to an aromatic ring is 1. The molecule has 2 aromatic heterocycles. The van der Waals surface area contributed by atoms with E-state index >= 15 is 0 Å². The zero-order chi connectivity index (χ0) is 50.6. The van der Waals surface area contributed by atoms with Crippen molar-refractivity contribution in [2.45, 2.75) is 64.4 Å². The van der Waals surface area contributed by atoms with E-state index in [1.54, 1.807) is 12.1 Å². The highest BCUT2D eigenvalue weighted by Crippen LogP contribution is 2.66. The number of anilines is 2. The van der Waals surface area contributed by atoms with Crippen LogP contribution in [0.3, 0.4) is 0 Å². The number of nitrogens with zero attached hydrogens (tertiary/aromatic N) is 5. The van der Waals surface area contributed by atoms with Crippen molar-refractivity contribution in [3.8, 4) is 23.3 Å². The van der Waals surface area contributed by atoms with Gasteiger partial charge in [0.2, 0.25) is 5.36 Å². The second-order valence-electron chi connectivity index (χ2n) is 17.1. The number of carboxylic acid groups (broad SMARTS) is 1. The number of aryl methyl sites for hydroxylation is 2. The first-order chi connectivity index (χ1) is 33.7. The molecule has 5 aromatic rings. The summed E-state index contributed by atoms with van der Waals surface area (Å²) in [5, 5.41) is 26.4. The minimum Gasteiger partial charge on any atom is -0.478 e. The van der Waals surface area contributed by atoms with E-state index in [0.717, 1.165) is 84.8 Å². The fraction of sp³-hybridized carbons (Fsp3) is 0.356. The Morgan fingerprint density at radius 3 is 2.51 bits per heavy atom. The van der Waals surface area contributed by atoms with Crippen LogP contribution in [0.15, 0.2) is 55.0 Å². The van der Waals surface area contributed by atoms with Crippen LogP contribution in [-0.4, -0.2) is 108 Å². The lowest BCUT2D eigenvalue weighted by Crippen LogP contribution is -2.39. The predicted molar refractivity (Wildman–Crippen MR) is 254 cm³/mol. The highest BCUT2D eigenvalue weighted by atomic mass is 31.3. The Bertz CT molecular complexity index is 3370. The van der Waals surface area contributed by atoms with Crippen LogP contribution < -0.4 is 35.8 Å². The van der Waals surface area contributed by atoms with Crippen molar-refractivity contribution in [2.75, 3.05) is 50.0 Å². The minimum absolute atomic E-state index is 0.0319. The first-order valence-corrected chi connectivity index (χ1v) is 27.0. The number of nitrogens with two attached hydrogens (primary N) is 1. The molecule has 6 heterocycles. The van der Waals surface area contributed by atoms with Crippen molar-refractivity contribution in [3.63, 3.8) is 0 Å². The SMILES string of the molecule is CCN1CCCc2cc3c(cc21)Oc1cc2c(cc1=C3c1ccc(C(=O)NCC#Cc3cn([C@H]4C[C@H](O)[C@@H](COP(=O)(O)OP(=O)(O)OP(=O)(O)O)O4)c4ncnc(N)c34)cc1C(=O)O)CCC[N+]=2CC. The molecule has 26 heteroatoms. The van der Waals surface area contributed by atoms with Crippen LogP contribution in [0.25, 0.3) is 16.6 Å². The maximum Gasteiger partial charge on any atom is 0.490 e. The Morgan fingerprint density at radius 1 is 0.972 bits per heavy atom. The van der Waals surface area contributed by atoms with Crippen molar-refractivity contribution in [1.29, 1.82) is 0 Å². The van der Waals surface area contributed by atoms with Gasteiger partial charge in [0.15, 0.2) is 0 Å². The van der Waals surface area contributed by atoms with Crippen molar-refractivity contribution in [2.24, 2.45) is 0 Å². The number of phosphoric ester groups is 1. The van der Waals surface area contributed by atoms with Gasteiger partial charge >= 0.3 is 29.4 Å². The molecule has 1 saturated heterocycles. The molecule has 4 aliphatic heterocycles. The lowest BCUT2D eigenvalue weighted by Gasteiger charge is -2.32. The Labute approximate surface area is 404 Å². The van der Waals surface area contributed by atoms with Crippen LogP contribution in [0.5, 0.6) is 11.5 Å². The fourth-order valence-electron chi connectivity index (χ4n) is 9.52. The third-order valence-corrected chi connectivity index (χ3v) is 16.4. The van der Waals surface area contributed by atoms with Crippen LogP contribution in [0.1, 0.15) is 87.9 Å². The molecule has 1 fully saturated rings. The maximum absolute atomic E-state index is 13.7. The number of aromatic nitrogens is 3. The number of benzene rings is 3. The van der Waals surface area contributed by atoms with Gasteiger partial charge in [-0.05, 0) is 68.5 Å². The normalized spacial score (nSPS) is 20.1. The second kappa shape index (κ2) is 19.7. The van der Waals surface area contributed by atoms with Crippen LogP contribution >= 0.6 is 23.5 Å². The minimum atomic E-state index is -5.77. The Kier molecular flexibility index (Phi) is 13.9. The fourth-order valence-corrected chi connectivity index (χ4v) is 12.6. The smallest absolute Gasteiger partial charge is 0.478 e. The zero-order valence-corrected chi connectivity index (χ0v) is 40.8. The van der Waals surface area contributed by atoms with Gasteiger partial charge in [0.05, 0.1) is 41.8 Å². The van der Waals surface area contributed by atoms with E-state index in [2.05, 4.69) is 87.9 Å². The molecule has 3 aromatic carbocycles. The van der Waals surface area contributed by atoms with Gasteiger partial charge < -0.3 is 59.8 Å². The molecule has 2 unspecified atom stereocenters. The van der Waals surface area contributed by atoms with Crippen LogP contribution in [-0.2, 0) is 44.4 Å². The topological polar surface area (TPSA) is 328 Å². The third-order valence-electron chi connectivity index (χ3n) is 12.6. The van der Waals surface area contributed by atoms with E-state index in [1.807, 2.05) is 0 Å². The van der Waals surface area contributed by atoms with Gasteiger partial charge in [0.25, 0.3) is 5.91 Å². The van der Waals surface area contributed by atoms with E-state index in [4.69, 9.17) is 25.0 Å². The Hall–Kier alpha value is -5.82. The molecule has 0 bridgehead atoms. The summed E-state index contributed by atoms with van der Waals surface area (Å²) in [6.07, 6.45) is 2.55. The Morgan fingerprint density at radius 2 is 1.76 bits per heavy atom. The van der Waals surface area contributed by atoms with Gasteiger partial charge in [0.1, 0.15) is 54.7 Å². The molecular formula is C45H49N7O16P3+. The van der Waals surface area contributed by atoms with Gasteiger partial charge in [-0.2, -0.15) is 8.62 Å². The number of fused-ring (bicyclic) bond motifs is 5. The van der Waals surface area contributed by atoms with Gasteiger partial charge in [-0.1, -0.05) is 17.9 Å². The molecule has 5 atom stereocenters. The van der Waals surface area contributed by atoms with E-state index in [-0.39, 0.29) is 35.6 Å². The molecule has 0 aliphatic carbocycles. The first kappa shape index (κ1) is 50.1. The van der Waals surface area contributed by atoms with Crippen LogP contribution in [0.4, 0.5) is 11.5 Å². The number of nitrogens with one attached hydrogen (secondary N) is 1. The molecular weight excluding hydrogens is 987 g/mol. The lowest BCUT2D eigenvalue weighted by atomic mass is 9.86. The number of carbonyl (C=O) groups is 2. The molecule has 0 saturated carbocycles. The van der Waals surface area contributed by atoms with E-state index < -0.39 is 60.4 Å². The predicted octanol–water partition coefficient (Wildman–Crippen LogP) is 3.07. The number of hydrogen-bond acceptors (Lipinski definition) is 15. The molecule has 0 radical (unpaired) electrons. The summed E-state index contributed by atoms with van der Waals surface area (Å²) in [5.74, 6) is 5.28. The summed E-state index contributed by atoms with van der Waals surface area (Å²) >= 11 is 0. The van der Waals surface area contributed by atoms with Crippen molar-refractivity contribution in [3.05, 3.63) is 105 Å². The summed E-state index contributed by atoms with van der Waals surface area (Å²) in [7, 11) is -16.9. The number of amides is 1. The standard InChI is InChI=1S/C45H48N7O16P3/c1-3-50-14-6-9-25-16-31-36(19-33(25)50)65-37-20-34-26(10-7-15-51(34)4-2)17-32(37)41(31)29-12-11-27(18-30(29)45(55)56)44(54)47-13-5-8-28-22-52(43-40(28)42(46)48-24-49-43)39-21-35(53)38(66-39)23-64-70(60,61)68-71(62,63)67-69(57,58)59/h11-12,16-20,22,24,35,38-39,53H,3-4,6-7,9-10,13-15,21,23H2,1-2H3,(H7-,46,47,48,49,54,55,56,57,58,59,60,61,62,63)/p+1/t35-,38+,39+/m0/s1. The molecule has 4 aliphatic rings. The molecule has 9 N–H and O–H groups in total. The monoisotopic (exact) mass is 1040 g/mol. The van der Waals surface area contributed by atoms with Crippen molar-refractivity contribution >= 4 is 63.5 Å². The van der Waals surface area contributed by atoms with E-state index in [9.17, 15) is 43.3 Å². The molecule has 9 rings (SSSR count). The Balaban J connectivity index is 0.961. The van der Waals surface area contributed by atoms with Gasteiger partial charge in [-0.3, -0.25) is 9.32 Å². The average Bonchev–Trinajstić information content (AvgIpc) is 3.88.